The highest BCUT2D eigenvalue weighted by Crippen LogP contribution is 2.31. The van der Waals surface area contributed by atoms with Gasteiger partial charge >= 0.3 is 17.9 Å². The monoisotopic (exact) mass is 542 g/mol. The molecule has 4 rings (SSSR count). The lowest BCUT2D eigenvalue weighted by Crippen LogP contribution is -2.67. The van der Waals surface area contributed by atoms with E-state index in [1.165, 1.54) is 32.0 Å². The van der Waals surface area contributed by atoms with Crippen molar-refractivity contribution in [2.45, 2.75) is 58.3 Å². The number of carbonyl (C=O) groups is 4. The zero-order chi connectivity index (χ0) is 28.3. The van der Waals surface area contributed by atoms with E-state index >= 15 is 0 Å². The molecule has 13 heteroatoms. The fourth-order valence-corrected chi connectivity index (χ4v) is 4.18. The van der Waals surface area contributed by atoms with Crippen LogP contribution >= 0.6 is 0 Å². The highest BCUT2D eigenvalue weighted by molar-refractivity contribution is 5.77. The number of amides is 1. The molecular weight excluding hydrogens is 516 g/mol. The molecule has 1 saturated heterocycles. The SMILES string of the molecule is CC(=O)N[C@H]1[C@@H](Oc2ccc3nc4ccc(=O)cc-4oc3c2)O[C@H](COC(C)=O)[C@@H](OC(C)=O)[C@@H]1OC(C)=O. The normalized spacial score (nSPS) is 22.6. The van der Waals surface area contributed by atoms with Gasteiger partial charge in [0.25, 0.3) is 0 Å². The van der Waals surface area contributed by atoms with Crippen molar-refractivity contribution < 1.29 is 47.3 Å². The molecule has 1 aliphatic carbocycles. The predicted octanol–water partition coefficient (Wildman–Crippen LogP) is 1.33. The van der Waals surface area contributed by atoms with Crippen molar-refractivity contribution in [1.82, 2.24) is 10.3 Å². The minimum absolute atomic E-state index is 0.213. The first-order chi connectivity index (χ1) is 18.5. The minimum atomic E-state index is -1.30. The Kier molecular flexibility index (Phi) is 8.10. The Labute approximate surface area is 221 Å². The molecule has 1 N–H and O–H groups in total. The number of hydrogen-bond donors (Lipinski definition) is 1. The van der Waals surface area contributed by atoms with Gasteiger partial charge in [-0.25, -0.2) is 4.98 Å². The van der Waals surface area contributed by atoms with Gasteiger partial charge in [0, 0.05) is 39.8 Å². The van der Waals surface area contributed by atoms with E-state index in [0.717, 1.165) is 13.8 Å². The van der Waals surface area contributed by atoms with Crippen LogP contribution < -0.4 is 15.5 Å². The first-order valence-electron chi connectivity index (χ1n) is 11.9. The van der Waals surface area contributed by atoms with Crippen LogP contribution in [0, 0.1) is 0 Å². The number of nitrogens with zero attached hydrogens (tertiary/aromatic N) is 1. The van der Waals surface area contributed by atoms with Crippen molar-refractivity contribution in [2.24, 2.45) is 0 Å². The summed E-state index contributed by atoms with van der Waals surface area (Å²) in [5.74, 6) is -2.08. The summed E-state index contributed by atoms with van der Waals surface area (Å²) in [6.45, 7) is 4.36. The van der Waals surface area contributed by atoms with Crippen molar-refractivity contribution in [3.8, 4) is 17.2 Å². The molecule has 1 amide bonds. The van der Waals surface area contributed by atoms with E-state index in [4.69, 9.17) is 28.1 Å². The molecular formula is C26H26N2O11. The van der Waals surface area contributed by atoms with Crippen LogP contribution in [-0.2, 0) is 38.1 Å². The largest absolute Gasteiger partial charge is 0.463 e. The number of benzene rings is 2. The second-order valence-electron chi connectivity index (χ2n) is 8.81. The third kappa shape index (κ3) is 6.68. The van der Waals surface area contributed by atoms with Gasteiger partial charge in [0.1, 0.15) is 35.7 Å². The van der Waals surface area contributed by atoms with E-state index in [-0.39, 0.29) is 23.5 Å². The molecule has 1 aromatic carbocycles. The summed E-state index contributed by atoms with van der Waals surface area (Å²) in [7, 11) is 0. The topological polar surface area (TPSA) is 170 Å². The molecule has 39 heavy (non-hydrogen) atoms. The number of ether oxygens (including phenoxy) is 5. The highest BCUT2D eigenvalue weighted by atomic mass is 16.7. The van der Waals surface area contributed by atoms with E-state index in [1.807, 2.05) is 0 Å². The molecule has 0 radical (unpaired) electrons. The molecule has 0 spiro atoms. The molecule has 1 fully saturated rings. The predicted molar refractivity (Wildman–Crippen MR) is 132 cm³/mol. The molecule has 206 valence electrons. The van der Waals surface area contributed by atoms with Gasteiger partial charge in [0.15, 0.2) is 29.0 Å². The van der Waals surface area contributed by atoms with Gasteiger partial charge in [0.05, 0.1) is 0 Å². The maximum Gasteiger partial charge on any atom is 0.303 e. The van der Waals surface area contributed by atoms with Crippen molar-refractivity contribution in [3.63, 3.8) is 0 Å². The van der Waals surface area contributed by atoms with Gasteiger partial charge in [-0.2, -0.15) is 0 Å². The van der Waals surface area contributed by atoms with E-state index in [1.54, 1.807) is 18.2 Å². The summed E-state index contributed by atoms with van der Waals surface area (Å²) in [6, 6.07) is 7.80. The zero-order valence-electron chi connectivity index (χ0n) is 21.5. The van der Waals surface area contributed by atoms with Crippen LogP contribution in [0.1, 0.15) is 27.7 Å². The number of esters is 3. The Balaban J connectivity index is 1.72. The molecule has 0 aromatic heterocycles. The molecule has 5 atom stereocenters. The second kappa shape index (κ2) is 11.5. The average Bonchev–Trinajstić information content (AvgIpc) is 2.84. The number of fused-ring (bicyclic) bond motifs is 2. The summed E-state index contributed by atoms with van der Waals surface area (Å²) in [5.41, 5.74) is 1.03. The second-order valence-corrected chi connectivity index (χ2v) is 8.81. The molecule has 1 aromatic rings. The van der Waals surface area contributed by atoms with Crippen LogP contribution in [0.4, 0.5) is 0 Å². The van der Waals surface area contributed by atoms with Crippen LogP contribution in [0.15, 0.2) is 45.6 Å². The Bertz CT molecular complexity index is 1430. The van der Waals surface area contributed by atoms with Gasteiger partial charge < -0.3 is 33.4 Å². The third-order valence-corrected chi connectivity index (χ3v) is 5.65. The van der Waals surface area contributed by atoms with Crippen molar-refractivity contribution in [2.75, 3.05) is 6.61 Å². The lowest BCUT2D eigenvalue weighted by molar-refractivity contribution is -0.257. The van der Waals surface area contributed by atoms with Crippen LogP contribution in [0.3, 0.4) is 0 Å². The Hall–Kier alpha value is -4.52. The summed E-state index contributed by atoms with van der Waals surface area (Å²) < 4.78 is 33.8. The van der Waals surface area contributed by atoms with Crippen LogP contribution in [0.5, 0.6) is 5.75 Å². The maximum atomic E-state index is 12.1. The number of carbonyl (C=O) groups excluding carboxylic acids is 4. The van der Waals surface area contributed by atoms with Crippen LogP contribution in [0.25, 0.3) is 22.6 Å². The number of hydrogen-bond acceptors (Lipinski definition) is 12. The summed E-state index contributed by atoms with van der Waals surface area (Å²) in [6.07, 6.45) is -4.93. The first-order valence-corrected chi connectivity index (χ1v) is 11.9. The third-order valence-electron chi connectivity index (χ3n) is 5.65. The van der Waals surface area contributed by atoms with Crippen molar-refractivity contribution in [3.05, 3.63) is 46.6 Å². The van der Waals surface area contributed by atoms with Crippen molar-refractivity contribution >= 4 is 34.9 Å². The quantitative estimate of drug-likeness (QED) is 0.258. The molecule has 2 aliphatic heterocycles. The van der Waals surface area contributed by atoms with Crippen LogP contribution in [0.2, 0.25) is 0 Å². The van der Waals surface area contributed by atoms with Gasteiger partial charge in [-0.15, -0.1) is 0 Å². The van der Waals surface area contributed by atoms with Gasteiger partial charge in [-0.1, -0.05) is 0 Å². The lowest BCUT2D eigenvalue weighted by Gasteiger charge is -2.44. The highest BCUT2D eigenvalue weighted by Gasteiger charge is 2.52. The number of nitrogens with one attached hydrogen (secondary N) is 1. The maximum absolute atomic E-state index is 12.1. The summed E-state index contributed by atoms with van der Waals surface area (Å²) in [5, 5.41) is 2.63. The molecule has 0 saturated carbocycles. The minimum Gasteiger partial charge on any atom is -0.463 e. The molecule has 0 bridgehead atoms. The van der Waals surface area contributed by atoms with Gasteiger partial charge in [-0.3, -0.25) is 24.0 Å². The summed E-state index contributed by atoms with van der Waals surface area (Å²) >= 11 is 0. The van der Waals surface area contributed by atoms with Gasteiger partial charge in [0.2, 0.25) is 12.2 Å². The van der Waals surface area contributed by atoms with Gasteiger partial charge in [-0.05, 0) is 24.3 Å². The Morgan fingerprint density at radius 1 is 0.923 bits per heavy atom. The lowest BCUT2D eigenvalue weighted by atomic mass is 9.96. The van der Waals surface area contributed by atoms with E-state index < -0.39 is 54.5 Å². The average molecular weight is 542 g/mol. The molecule has 13 nitrogen and oxygen atoms in total. The van der Waals surface area contributed by atoms with E-state index in [0.29, 0.717) is 16.8 Å². The molecule has 0 unspecified atom stereocenters. The molecule has 3 aliphatic rings. The number of aromatic nitrogens is 1. The standard InChI is InChI=1S/C26H26N2O11/c1-12(29)27-23-25(36-15(4)32)24(35-14(3)31)22(11-34-13(2)30)39-26(23)37-17-6-8-19-21(10-17)38-20-9-16(33)5-7-18(20)28-19/h5-10,22-26H,11H2,1-4H3,(H,27,29)/t22-,23-,24-,25-,26+/m1/s1. The number of rotatable bonds is 7. The zero-order valence-corrected chi connectivity index (χ0v) is 21.5. The first kappa shape index (κ1) is 27.5. The fourth-order valence-electron chi connectivity index (χ4n) is 4.18. The molecule has 2 heterocycles. The summed E-state index contributed by atoms with van der Waals surface area (Å²) in [4.78, 5) is 63.7. The van der Waals surface area contributed by atoms with Crippen LogP contribution in [-0.4, -0.2) is 66.0 Å². The Morgan fingerprint density at radius 3 is 2.31 bits per heavy atom. The fraction of sp³-hybridized carbons (Fsp3) is 0.385. The van der Waals surface area contributed by atoms with E-state index in [2.05, 4.69) is 10.3 Å². The van der Waals surface area contributed by atoms with E-state index in [9.17, 15) is 24.0 Å². The Morgan fingerprint density at radius 2 is 1.64 bits per heavy atom. The van der Waals surface area contributed by atoms with Crippen molar-refractivity contribution in [1.29, 1.82) is 0 Å². The smallest absolute Gasteiger partial charge is 0.303 e.